The van der Waals surface area contributed by atoms with E-state index in [0.29, 0.717) is 17.0 Å². The van der Waals surface area contributed by atoms with Gasteiger partial charge in [0, 0.05) is 14.1 Å². The number of aliphatic hydroxyl groups is 3. The van der Waals surface area contributed by atoms with Crippen LogP contribution in [-0.2, 0) is 4.74 Å². The molecule has 0 amide bonds. The highest BCUT2D eigenvalue weighted by molar-refractivity contribution is 5.82. The van der Waals surface area contributed by atoms with E-state index < -0.39 is 24.5 Å². The molecule has 1 fully saturated rings. The summed E-state index contributed by atoms with van der Waals surface area (Å²) in [4.78, 5) is 12.5. The van der Waals surface area contributed by atoms with Gasteiger partial charge < -0.3 is 25.5 Å². The lowest BCUT2D eigenvalue weighted by Crippen LogP contribution is -2.33. The van der Waals surface area contributed by atoms with Crippen molar-refractivity contribution in [3.05, 3.63) is 12.7 Å². The molecule has 120 valence electrons. The topological polar surface area (TPSA) is 129 Å². The minimum Gasteiger partial charge on any atom is -0.394 e. The fourth-order valence-electron chi connectivity index (χ4n) is 2.44. The number of nitrogens with zero attached hydrogens (tertiary/aromatic N) is 5. The fourth-order valence-corrected chi connectivity index (χ4v) is 2.44. The number of ether oxygens (including phenoxy) is 1. The first kappa shape index (κ1) is 15.1. The molecule has 3 rings (SSSR count). The van der Waals surface area contributed by atoms with Crippen LogP contribution in [-0.4, -0.2) is 78.9 Å². The molecule has 0 aromatic carbocycles. The van der Waals surface area contributed by atoms with Crippen molar-refractivity contribution in [1.82, 2.24) is 24.5 Å². The summed E-state index contributed by atoms with van der Waals surface area (Å²) in [5.74, 6) is 0.514. The Morgan fingerprint density at radius 3 is 2.68 bits per heavy atom. The molecule has 4 atom stereocenters. The highest BCUT2D eigenvalue weighted by Crippen LogP contribution is 2.31. The number of aliphatic hydroxyl groups excluding tert-OH is 3. The van der Waals surface area contributed by atoms with Gasteiger partial charge in [-0.05, 0) is 0 Å². The van der Waals surface area contributed by atoms with E-state index in [2.05, 4.69) is 20.4 Å². The second-order valence-corrected chi connectivity index (χ2v) is 5.28. The molecule has 1 aliphatic rings. The van der Waals surface area contributed by atoms with Crippen molar-refractivity contribution < 1.29 is 20.1 Å². The third kappa shape index (κ3) is 2.40. The van der Waals surface area contributed by atoms with Crippen molar-refractivity contribution in [3.8, 4) is 0 Å². The van der Waals surface area contributed by atoms with E-state index in [1.165, 1.54) is 17.2 Å². The SMILES string of the molecule is CN(C)Nc1ncnc2c1ncn2[C@@H]1O[C@H](CO)C(O)C1O. The van der Waals surface area contributed by atoms with Gasteiger partial charge >= 0.3 is 0 Å². The molecule has 1 aliphatic heterocycles. The molecule has 10 heteroatoms. The molecular formula is C12H18N6O4. The predicted octanol–water partition coefficient (Wildman–Crippen LogP) is -1.67. The number of nitrogens with one attached hydrogen (secondary N) is 1. The van der Waals surface area contributed by atoms with Crippen LogP contribution in [0.3, 0.4) is 0 Å². The van der Waals surface area contributed by atoms with Gasteiger partial charge in [-0.2, -0.15) is 0 Å². The summed E-state index contributed by atoms with van der Waals surface area (Å²) in [7, 11) is 3.63. The standard InChI is InChI=1S/C12H18N6O4/c1-17(2)16-10-7-11(14-4-13-10)18(5-15-7)12-9(21)8(20)6(3-19)22-12/h4-6,8-9,12,19-21H,3H2,1-2H3,(H,13,14,16)/t6-,8?,9?,12-/m1/s1. The van der Waals surface area contributed by atoms with Crippen LogP contribution in [0.1, 0.15) is 6.23 Å². The lowest BCUT2D eigenvalue weighted by atomic mass is 10.1. The zero-order valence-electron chi connectivity index (χ0n) is 12.2. The summed E-state index contributed by atoms with van der Waals surface area (Å²) in [5, 5.41) is 30.8. The van der Waals surface area contributed by atoms with Crippen LogP contribution in [0, 0.1) is 0 Å². The van der Waals surface area contributed by atoms with Crippen LogP contribution in [0.5, 0.6) is 0 Å². The van der Waals surface area contributed by atoms with Crippen LogP contribution in [0.25, 0.3) is 11.2 Å². The van der Waals surface area contributed by atoms with Gasteiger partial charge in [-0.25, -0.2) is 20.0 Å². The van der Waals surface area contributed by atoms with E-state index in [1.54, 1.807) is 5.01 Å². The number of aromatic nitrogens is 4. The van der Waals surface area contributed by atoms with Gasteiger partial charge in [-0.3, -0.25) is 4.57 Å². The van der Waals surface area contributed by atoms with Gasteiger partial charge in [-0.15, -0.1) is 0 Å². The number of fused-ring (bicyclic) bond motifs is 1. The predicted molar refractivity (Wildman–Crippen MR) is 75.6 cm³/mol. The first-order valence-electron chi connectivity index (χ1n) is 6.77. The Kier molecular flexibility index (Phi) is 3.93. The Morgan fingerprint density at radius 2 is 2.05 bits per heavy atom. The molecule has 0 bridgehead atoms. The number of hydrogen-bond acceptors (Lipinski definition) is 9. The summed E-state index contributed by atoms with van der Waals surface area (Å²) < 4.78 is 7.01. The largest absolute Gasteiger partial charge is 0.394 e. The summed E-state index contributed by atoms with van der Waals surface area (Å²) in [6.07, 6.45) is -1.25. The average molecular weight is 310 g/mol. The maximum absolute atomic E-state index is 10.1. The quantitative estimate of drug-likeness (QED) is 0.490. The summed E-state index contributed by atoms with van der Waals surface area (Å²) in [6, 6.07) is 0. The molecule has 0 aliphatic carbocycles. The molecule has 2 aromatic rings. The van der Waals surface area contributed by atoms with Gasteiger partial charge in [0.25, 0.3) is 0 Å². The lowest BCUT2D eigenvalue weighted by Gasteiger charge is -2.17. The molecular weight excluding hydrogens is 292 g/mol. The second kappa shape index (κ2) is 5.74. The molecule has 22 heavy (non-hydrogen) atoms. The normalized spacial score (nSPS) is 28.6. The molecule has 0 spiro atoms. The third-order valence-electron chi connectivity index (χ3n) is 3.48. The second-order valence-electron chi connectivity index (χ2n) is 5.28. The van der Waals surface area contributed by atoms with E-state index in [4.69, 9.17) is 9.84 Å². The molecule has 10 nitrogen and oxygen atoms in total. The highest BCUT2D eigenvalue weighted by atomic mass is 16.6. The summed E-state index contributed by atoms with van der Waals surface area (Å²) in [5.41, 5.74) is 3.97. The molecule has 2 unspecified atom stereocenters. The van der Waals surface area contributed by atoms with E-state index in [-0.39, 0.29) is 6.61 Å². The summed E-state index contributed by atoms with van der Waals surface area (Å²) in [6.45, 7) is -0.385. The Balaban J connectivity index is 1.99. The van der Waals surface area contributed by atoms with Crippen LogP contribution >= 0.6 is 0 Å². The Labute approximate surface area is 126 Å². The zero-order chi connectivity index (χ0) is 15.9. The van der Waals surface area contributed by atoms with Crippen molar-refractivity contribution in [2.75, 3.05) is 26.1 Å². The number of hydrazine groups is 1. The maximum atomic E-state index is 10.1. The minimum absolute atomic E-state index is 0.385. The first-order valence-corrected chi connectivity index (χ1v) is 6.77. The third-order valence-corrected chi connectivity index (χ3v) is 3.48. The number of imidazole rings is 1. The smallest absolute Gasteiger partial charge is 0.172 e. The summed E-state index contributed by atoms with van der Waals surface area (Å²) >= 11 is 0. The van der Waals surface area contributed by atoms with Gasteiger partial charge in [0.1, 0.15) is 24.6 Å². The number of hydrogen-bond donors (Lipinski definition) is 4. The molecule has 4 N–H and O–H groups in total. The van der Waals surface area contributed by atoms with E-state index in [1.807, 2.05) is 14.1 Å². The highest BCUT2D eigenvalue weighted by Gasteiger charge is 2.44. The van der Waals surface area contributed by atoms with Gasteiger partial charge in [-0.1, -0.05) is 0 Å². The van der Waals surface area contributed by atoms with Crippen LogP contribution < -0.4 is 5.43 Å². The fraction of sp³-hybridized carbons (Fsp3) is 0.583. The molecule has 0 saturated carbocycles. The van der Waals surface area contributed by atoms with E-state index in [0.717, 1.165) is 0 Å². The average Bonchev–Trinajstić information content (AvgIpc) is 3.02. The zero-order valence-corrected chi connectivity index (χ0v) is 12.2. The monoisotopic (exact) mass is 310 g/mol. The van der Waals surface area contributed by atoms with Crippen LogP contribution in [0.15, 0.2) is 12.7 Å². The van der Waals surface area contributed by atoms with Crippen molar-refractivity contribution in [2.45, 2.75) is 24.5 Å². The van der Waals surface area contributed by atoms with Crippen molar-refractivity contribution >= 4 is 17.0 Å². The van der Waals surface area contributed by atoms with Gasteiger partial charge in [0.15, 0.2) is 23.2 Å². The van der Waals surface area contributed by atoms with Crippen molar-refractivity contribution in [3.63, 3.8) is 0 Å². The van der Waals surface area contributed by atoms with E-state index >= 15 is 0 Å². The molecule has 1 saturated heterocycles. The first-order chi connectivity index (χ1) is 10.5. The molecule has 3 heterocycles. The Bertz CT molecular complexity index is 662. The molecule has 0 radical (unpaired) electrons. The maximum Gasteiger partial charge on any atom is 0.172 e. The number of anilines is 1. The van der Waals surface area contributed by atoms with Crippen molar-refractivity contribution in [2.24, 2.45) is 0 Å². The van der Waals surface area contributed by atoms with E-state index in [9.17, 15) is 10.2 Å². The van der Waals surface area contributed by atoms with Gasteiger partial charge in [0.2, 0.25) is 0 Å². The van der Waals surface area contributed by atoms with Crippen LogP contribution in [0.2, 0.25) is 0 Å². The van der Waals surface area contributed by atoms with Crippen molar-refractivity contribution in [1.29, 1.82) is 0 Å². The van der Waals surface area contributed by atoms with Gasteiger partial charge in [0.05, 0.1) is 12.9 Å². The lowest BCUT2D eigenvalue weighted by molar-refractivity contribution is -0.0511. The molecule has 2 aromatic heterocycles. The Morgan fingerprint density at radius 1 is 1.27 bits per heavy atom. The van der Waals surface area contributed by atoms with Crippen LogP contribution in [0.4, 0.5) is 5.82 Å². The number of rotatable bonds is 4. The minimum atomic E-state index is -1.19. The Hall–Kier alpha value is -1.85.